The van der Waals surface area contributed by atoms with E-state index in [0.29, 0.717) is 18.5 Å². The van der Waals surface area contributed by atoms with E-state index in [4.69, 9.17) is 0 Å². The molecule has 1 amide bonds. The quantitative estimate of drug-likeness (QED) is 0.703. The highest BCUT2D eigenvalue weighted by Crippen LogP contribution is 2.10. The maximum Gasteiger partial charge on any atom is 0.238 e. The average Bonchev–Trinajstić information content (AvgIpc) is 2.60. The number of aromatic nitrogens is 1. The van der Waals surface area contributed by atoms with Crippen LogP contribution in [-0.2, 0) is 27.1 Å². The Balaban J connectivity index is 2.02. The number of hydrogen-bond acceptors (Lipinski definition) is 4. The van der Waals surface area contributed by atoms with Crippen molar-refractivity contribution in [2.24, 2.45) is 5.92 Å². The Morgan fingerprint density at radius 1 is 1.08 bits per heavy atom. The molecule has 1 atom stereocenters. The first-order valence-electron chi connectivity index (χ1n) is 8.56. The van der Waals surface area contributed by atoms with Gasteiger partial charge >= 0.3 is 0 Å². The van der Waals surface area contributed by atoms with Crippen LogP contribution >= 0.6 is 0 Å². The Labute approximate surface area is 155 Å². The summed E-state index contributed by atoms with van der Waals surface area (Å²) in [5.41, 5.74) is 1.54. The predicted octanol–water partition coefficient (Wildman–Crippen LogP) is 2.23. The van der Waals surface area contributed by atoms with Gasteiger partial charge in [0.1, 0.15) is 6.04 Å². The van der Waals surface area contributed by atoms with Crippen molar-refractivity contribution in [2.75, 3.05) is 0 Å². The summed E-state index contributed by atoms with van der Waals surface area (Å²) in [7, 11) is -3.63. The van der Waals surface area contributed by atoms with Gasteiger partial charge in [-0.15, -0.1) is 0 Å². The highest BCUT2D eigenvalue weighted by Gasteiger charge is 2.25. The fourth-order valence-electron chi connectivity index (χ4n) is 2.55. The summed E-state index contributed by atoms with van der Waals surface area (Å²) < 4.78 is 27.5. The van der Waals surface area contributed by atoms with Crippen LogP contribution in [0.1, 0.15) is 31.4 Å². The SMILES string of the molecule is CC(C)C[C@H](NS(=O)(=O)Cc1ccccc1)C(=O)NCc1cccnc1. The summed E-state index contributed by atoms with van der Waals surface area (Å²) in [5, 5.41) is 2.78. The Bertz CT molecular complexity index is 793. The topological polar surface area (TPSA) is 88.2 Å². The fraction of sp³-hybridized carbons (Fsp3) is 0.368. The Hall–Kier alpha value is -2.25. The lowest BCUT2D eigenvalue weighted by Gasteiger charge is -2.20. The van der Waals surface area contributed by atoms with E-state index < -0.39 is 16.1 Å². The number of nitrogens with zero attached hydrogens (tertiary/aromatic N) is 1. The molecule has 1 heterocycles. The Morgan fingerprint density at radius 2 is 1.77 bits per heavy atom. The molecule has 7 heteroatoms. The molecule has 2 rings (SSSR count). The number of hydrogen-bond donors (Lipinski definition) is 2. The first-order valence-corrected chi connectivity index (χ1v) is 10.2. The number of benzene rings is 1. The molecule has 0 radical (unpaired) electrons. The first kappa shape index (κ1) is 20.1. The molecular weight excluding hydrogens is 350 g/mol. The normalized spacial score (nSPS) is 12.7. The minimum Gasteiger partial charge on any atom is -0.351 e. The van der Waals surface area contributed by atoms with Gasteiger partial charge in [0.2, 0.25) is 15.9 Å². The van der Waals surface area contributed by atoms with Gasteiger partial charge < -0.3 is 5.32 Å². The summed E-state index contributed by atoms with van der Waals surface area (Å²) >= 11 is 0. The fourth-order valence-corrected chi connectivity index (χ4v) is 3.90. The van der Waals surface area contributed by atoms with Gasteiger partial charge in [-0.2, -0.15) is 0 Å². The van der Waals surface area contributed by atoms with Crippen LogP contribution in [0.4, 0.5) is 0 Å². The van der Waals surface area contributed by atoms with Crippen molar-refractivity contribution in [3.8, 4) is 0 Å². The van der Waals surface area contributed by atoms with E-state index >= 15 is 0 Å². The zero-order valence-electron chi connectivity index (χ0n) is 15.1. The molecule has 0 aliphatic rings. The van der Waals surface area contributed by atoms with Crippen LogP contribution in [0.25, 0.3) is 0 Å². The molecule has 1 aromatic carbocycles. The second-order valence-electron chi connectivity index (χ2n) is 6.62. The van der Waals surface area contributed by atoms with Crippen molar-refractivity contribution in [2.45, 2.75) is 38.6 Å². The maximum absolute atomic E-state index is 12.5. The summed E-state index contributed by atoms with van der Waals surface area (Å²) in [5.74, 6) is -0.319. The van der Waals surface area contributed by atoms with Crippen LogP contribution in [0.3, 0.4) is 0 Å². The van der Waals surface area contributed by atoms with Crippen molar-refractivity contribution in [1.29, 1.82) is 0 Å². The summed E-state index contributed by atoms with van der Waals surface area (Å²) in [6, 6.07) is 11.7. The molecule has 2 N–H and O–H groups in total. The lowest BCUT2D eigenvalue weighted by Crippen LogP contribution is -2.47. The van der Waals surface area contributed by atoms with E-state index in [1.807, 2.05) is 26.0 Å². The van der Waals surface area contributed by atoms with Crippen LogP contribution in [0.15, 0.2) is 54.9 Å². The lowest BCUT2D eigenvalue weighted by molar-refractivity contribution is -0.123. The van der Waals surface area contributed by atoms with E-state index in [1.54, 1.807) is 42.7 Å². The number of pyridine rings is 1. The number of sulfonamides is 1. The molecule has 0 unspecified atom stereocenters. The number of amides is 1. The minimum atomic E-state index is -3.63. The second-order valence-corrected chi connectivity index (χ2v) is 8.38. The zero-order valence-corrected chi connectivity index (χ0v) is 15.9. The number of carbonyl (C=O) groups is 1. The molecule has 2 aromatic rings. The highest BCUT2D eigenvalue weighted by molar-refractivity contribution is 7.88. The zero-order chi connectivity index (χ0) is 19.0. The Kier molecular flexibility index (Phi) is 7.29. The van der Waals surface area contributed by atoms with Gasteiger partial charge in [-0.1, -0.05) is 50.2 Å². The Morgan fingerprint density at radius 3 is 2.38 bits per heavy atom. The smallest absolute Gasteiger partial charge is 0.238 e. The third kappa shape index (κ3) is 6.93. The largest absolute Gasteiger partial charge is 0.351 e. The van der Waals surface area contributed by atoms with Crippen LogP contribution in [-0.4, -0.2) is 25.4 Å². The monoisotopic (exact) mass is 375 g/mol. The molecule has 26 heavy (non-hydrogen) atoms. The highest BCUT2D eigenvalue weighted by atomic mass is 32.2. The van der Waals surface area contributed by atoms with Crippen molar-refractivity contribution in [3.63, 3.8) is 0 Å². The minimum absolute atomic E-state index is 0.154. The van der Waals surface area contributed by atoms with Gasteiger partial charge in [0.15, 0.2) is 0 Å². The van der Waals surface area contributed by atoms with Crippen LogP contribution in [0, 0.1) is 5.92 Å². The van der Waals surface area contributed by atoms with E-state index in [2.05, 4.69) is 15.0 Å². The molecule has 6 nitrogen and oxygen atoms in total. The van der Waals surface area contributed by atoms with Gasteiger partial charge in [-0.05, 0) is 29.5 Å². The van der Waals surface area contributed by atoms with Crippen molar-refractivity contribution in [3.05, 3.63) is 66.0 Å². The van der Waals surface area contributed by atoms with E-state index in [-0.39, 0.29) is 17.6 Å². The molecule has 0 saturated heterocycles. The maximum atomic E-state index is 12.5. The third-order valence-corrected chi connectivity index (χ3v) is 5.09. The van der Waals surface area contributed by atoms with Gasteiger partial charge in [-0.25, -0.2) is 13.1 Å². The molecule has 0 fully saturated rings. The van der Waals surface area contributed by atoms with Crippen LogP contribution in [0.5, 0.6) is 0 Å². The van der Waals surface area contributed by atoms with Gasteiger partial charge in [-0.3, -0.25) is 9.78 Å². The summed E-state index contributed by atoms with van der Waals surface area (Å²) in [6.07, 6.45) is 3.74. The first-order chi connectivity index (χ1) is 12.4. The van der Waals surface area contributed by atoms with Gasteiger partial charge in [0.25, 0.3) is 0 Å². The van der Waals surface area contributed by atoms with E-state index in [9.17, 15) is 13.2 Å². The summed E-state index contributed by atoms with van der Waals surface area (Å²) in [6.45, 7) is 4.21. The number of carbonyl (C=O) groups excluding carboxylic acids is 1. The molecular formula is C19H25N3O3S. The predicted molar refractivity (Wildman–Crippen MR) is 102 cm³/mol. The second kappa shape index (κ2) is 9.45. The molecule has 0 saturated carbocycles. The average molecular weight is 375 g/mol. The van der Waals surface area contributed by atoms with Gasteiger partial charge in [0.05, 0.1) is 5.75 Å². The standard InChI is InChI=1S/C19H25N3O3S/c1-15(2)11-18(19(23)21-13-17-9-6-10-20-12-17)22-26(24,25)14-16-7-4-3-5-8-16/h3-10,12,15,18,22H,11,13-14H2,1-2H3,(H,21,23)/t18-/m0/s1. The number of rotatable bonds is 9. The van der Waals surface area contributed by atoms with Crippen molar-refractivity contribution in [1.82, 2.24) is 15.0 Å². The molecule has 140 valence electrons. The van der Waals surface area contributed by atoms with Crippen LogP contribution in [0.2, 0.25) is 0 Å². The molecule has 1 aromatic heterocycles. The third-order valence-electron chi connectivity index (χ3n) is 3.73. The number of nitrogens with one attached hydrogen (secondary N) is 2. The summed E-state index contributed by atoms with van der Waals surface area (Å²) in [4.78, 5) is 16.5. The van der Waals surface area contributed by atoms with Crippen molar-refractivity contribution < 1.29 is 13.2 Å². The van der Waals surface area contributed by atoms with E-state index in [0.717, 1.165) is 5.56 Å². The van der Waals surface area contributed by atoms with Crippen molar-refractivity contribution >= 4 is 15.9 Å². The molecule has 0 aliphatic heterocycles. The van der Waals surface area contributed by atoms with Crippen LogP contribution < -0.4 is 10.0 Å². The van der Waals surface area contributed by atoms with E-state index in [1.165, 1.54) is 0 Å². The molecule has 0 aliphatic carbocycles. The molecule has 0 spiro atoms. The lowest BCUT2D eigenvalue weighted by atomic mass is 10.0. The van der Waals surface area contributed by atoms with Gasteiger partial charge in [0, 0.05) is 18.9 Å². The molecule has 0 bridgehead atoms.